The third-order valence-corrected chi connectivity index (χ3v) is 4.93. The second kappa shape index (κ2) is 11.7. The molecule has 0 radical (unpaired) electrons. The summed E-state index contributed by atoms with van der Waals surface area (Å²) in [5.74, 6) is 1.58. The van der Waals surface area contributed by atoms with E-state index in [0.29, 0.717) is 32.2 Å². The molecule has 0 saturated heterocycles. The summed E-state index contributed by atoms with van der Waals surface area (Å²) in [6, 6.07) is 9.72. The molecule has 1 rings (SSSR count). The van der Waals surface area contributed by atoms with Crippen molar-refractivity contribution in [1.82, 2.24) is 14.9 Å². The largest absolute Gasteiger partial charge is 0.494 e. The Labute approximate surface area is 151 Å². The van der Waals surface area contributed by atoms with Gasteiger partial charge in [0.05, 0.1) is 12.9 Å². The van der Waals surface area contributed by atoms with Crippen LogP contribution in [0.5, 0.6) is 5.75 Å². The molecule has 1 aromatic carbocycles. The summed E-state index contributed by atoms with van der Waals surface area (Å²) in [4.78, 5) is 4.15. The molecule has 0 heterocycles. The van der Waals surface area contributed by atoms with Crippen molar-refractivity contribution in [2.75, 3.05) is 46.1 Å². The quantitative estimate of drug-likeness (QED) is 0.348. The zero-order chi connectivity index (χ0) is 18.5. The Morgan fingerprint density at radius 3 is 2.36 bits per heavy atom. The van der Waals surface area contributed by atoms with Gasteiger partial charge in [-0.05, 0) is 25.0 Å². The van der Waals surface area contributed by atoms with Crippen LogP contribution in [0.15, 0.2) is 35.3 Å². The van der Waals surface area contributed by atoms with Crippen LogP contribution in [0, 0.1) is 0 Å². The number of rotatable bonds is 11. The van der Waals surface area contributed by atoms with Gasteiger partial charge in [-0.3, -0.25) is 4.99 Å². The van der Waals surface area contributed by atoms with Crippen molar-refractivity contribution in [3.8, 4) is 5.75 Å². The highest BCUT2D eigenvalue weighted by atomic mass is 32.2. The van der Waals surface area contributed by atoms with Gasteiger partial charge in [0.25, 0.3) is 0 Å². The second-order valence-corrected chi connectivity index (χ2v) is 7.53. The number of nitrogens with zero attached hydrogens (tertiary/aromatic N) is 2. The summed E-state index contributed by atoms with van der Waals surface area (Å²) in [6.07, 6.45) is 2.81. The van der Waals surface area contributed by atoms with Gasteiger partial charge in [-0.1, -0.05) is 25.1 Å². The maximum Gasteiger partial charge on any atom is 0.211 e. The van der Waals surface area contributed by atoms with Gasteiger partial charge in [-0.25, -0.2) is 12.7 Å². The molecule has 0 aliphatic heterocycles. The van der Waals surface area contributed by atoms with Crippen LogP contribution in [0.25, 0.3) is 0 Å². The lowest BCUT2D eigenvalue weighted by Crippen LogP contribution is -2.40. The van der Waals surface area contributed by atoms with Crippen LogP contribution in [0.2, 0.25) is 0 Å². The average molecular weight is 371 g/mol. The Balaban J connectivity index is 2.14. The molecule has 0 fully saturated rings. The lowest BCUT2D eigenvalue weighted by Gasteiger charge is -2.18. The van der Waals surface area contributed by atoms with Crippen molar-refractivity contribution in [2.45, 2.75) is 19.8 Å². The summed E-state index contributed by atoms with van der Waals surface area (Å²) < 4.78 is 30.1. The molecule has 0 amide bonds. The summed E-state index contributed by atoms with van der Waals surface area (Å²) in [5, 5.41) is 6.40. The topological polar surface area (TPSA) is 83.0 Å². The number of hydrogen-bond donors (Lipinski definition) is 2. The summed E-state index contributed by atoms with van der Waals surface area (Å²) in [5.41, 5.74) is 0. The Hall–Kier alpha value is -1.80. The van der Waals surface area contributed by atoms with Gasteiger partial charge in [-0.2, -0.15) is 0 Å². The van der Waals surface area contributed by atoms with Crippen molar-refractivity contribution in [2.24, 2.45) is 4.99 Å². The van der Waals surface area contributed by atoms with Gasteiger partial charge in [0, 0.05) is 33.2 Å². The highest BCUT2D eigenvalue weighted by Crippen LogP contribution is 2.07. The molecule has 0 aliphatic rings. The highest BCUT2D eigenvalue weighted by molar-refractivity contribution is 7.88. The van der Waals surface area contributed by atoms with Crippen molar-refractivity contribution in [3.63, 3.8) is 0 Å². The molecule has 8 heteroatoms. The van der Waals surface area contributed by atoms with Crippen molar-refractivity contribution in [1.29, 1.82) is 0 Å². The predicted molar refractivity (Wildman–Crippen MR) is 103 cm³/mol. The smallest absolute Gasteiger partial charge is 0.211 e. The van der Waals surface area contributed by atoms with Gasteiger partial charge in [0.15, 0.2) is 5.96 Å². The van der Waals surface area contributed by atoms with E-state index in [2.05, 4.69) is 15.6 Å². The number of benzene rings is 1. The Bertz CT molecular complexity index is 606. The Kier molecular flexibility index (Phi) is 9.94. The number of ether oxygens (including phenoxy) is 1. The fraction of sp³-hybridized carbons (Fsp3) is 0.588. The molecule has 0 unspecified atom stereocenters. The van der Waals surface area contributed by atoms with E-state index < -0.39 is 10.0 Å². The number of hydrogen-bond acceptors (Lipinski definition) is 4. The van der Waals surface area contributed by atoms with E-state index in [1.807, 2.05) is 37.3 Å². The minimum absolute atomic E-state index is 0.493. The molecule has 0 aromatic heterocycles. The third kappa shape index (κ3) is 9.31. The fourth-order valence-corrected chi connectivity index (χ4v) is 3.16. The van der Waals surface area contributed by atoms with Crippen LogP contribution in [-0.2, 0) is 10.0 Å². The van der Waals surface area contributed by atoms with Crippen LogP contribution in [0.3, 0.4) is 0 Å². The van der Waals surface area contributed by atoms with E-state index in [-0.39, 0.29) is 0 Å². The maximum absolute atomic E-state index is 11.5. The zero-order valence-electron chi connectivity index (χ0n) is 15.4. The standard InChI is InChI=1S/C17H30N4O3S/c1-4-21(25(3,22)23)14-8-12-19-17(18-2)20-13-9-15-24-16-10-6-5-7-11-16/h5-7,10-11H,4,8-9,12-15H2,1-3H3,(H2,18,19,20). The number of nitrogens with one attached hydrogen (secondary N) is 2. The van der Waals surface area contributed by atoms with E-state index in [1.165, 1.54) is 10.6 Å². The summed E-state index contributed by atoms with van der Waals surface area (Å²) in [6.45, 7) is 4.88. The first-order valence-corrected chi connectivity index (χ1v) is 10.4. The number of sulfonamides is 1. The van der Waals surface area contributed by atoms with E-state index >= 15 is 0 Å². The molecule has 0 saturated carbocycles. The predicted octanol–water partition coefficient (Wildman–Crippen LogP) is 1.29. The normalized spacial score (nSPS) is 12.2. The number of guanidine groups is 1. The van der Waals surface area contributed by atoms with Gasteiger partial charge in [0.1, 0.15) is 5.75 Å². The lowest BCUT2D eigenvalue weighted by atomic mass is 10.3. The van der Waals surface area contributed by atoms with E-state index in [4.69, 9.17) is 4.74 Å². The first-order chi connectivity index (χ1) is 12.0. The second-order valence-electron chi connectivity index (χ2n) is 5.55. The van der Waals surface area contributed by atoms with Crippen LogP contribution in [-0.4, -0.2) is 64.8 Å². The molecular formula is C17H30N4O3S. The van der Waals surface area contributed by atoms with E-state index in [9.17, 15) is 8.42 Å². The minimum Gasteiger partial charge on any atom is -0.494 e. The van der Waals surface area contributed by atoms with E-state index in [0.717, 1.165) is 25.1 Å². The molecule has 2 N–H and O–H groups in total. The fourth-order valence-electron chi connectivity index (χ4n) is 2.23. The molecule has 0 spiro atoms. The van der Waals surface area contributed by atoms with Gasteiger partial charge < -0.3 is 15.4 Å². The molecule has 142 valence electrons. The first-order valence-electron chi connectivity index (χ1n) is 8.55. The van der Waals surface area contributed by atoms with Crippen molar-refractivity contribution < 1.29 is 13.2 Å². The van der Waals surface area contributed by atoms with Crippen molar-refractivity contribution >= 4 is 16.0 Å². The van der Waals surface area contributed by atoms with E-state index in [1.54, 1.807) is 7.05 Å². The minimum atomic E-state index is -3.12. The number of para-hydroxylation sites is 1. The monoisotopic (exact) mass is 370 g/mol. The Morgan fingerprint density at radius 1 is 1.16 bits per heavy atom. The van der Waals surface area contributed by atoms with Crippen LogP contribution in [0.4, 0.5) is 0 Å². The maximum atomic E-state index is 11.5. The highest BCUT2D eigenvalue weighted by Gasteiger charge is 2.13. The molecule has 0 atom stereocenters. The van der Waals surface area contributed by atoms with Crippen LogP contribution >= 0.6 is 0 Å². The van der Waals surface area contributed by atoms with Crippen molar-refractivity contribution in [3.05, 3.63) is 30.3 Å². The van der Waals surface area contributed by atoms with Gasteiger partial charge in [-0.15, -0.1) is 0 Å². The third-order valence-electron chi connectivity index (χ3n) is 3.55. The lowest BCUT2D eigenvalue weighted by molar-refractivity contribution is 0.311. The van der Waals surface area contributed by atoms with Crippen LogP contribution in [0.1, 0.15) is 19.8 Å². The van der Waals surface area contributed by atoms with Gasteiger partial charge >= 0.3 is 0 Å². The molecule has 1 aromatic rings. The molecule has 0 aliphatic carbocycles. The number of aliphatic imine (C=N–C) groups is 1. The SMILES string of the molecule is CCN(CCCNC(=NC)NCCCOc1ccccc1)S(C)(=O)=O. The molecular weight excluding hydrogens is 340 g/mol. The Morgan fingerprint density at radius 2 is 1.80 bits per heavy atom. The summed E-state index contributed by atoms with van der Waals surface area (Å²) >= 11 is 0. The first kappa shape index (κ1) is 21.2. The molecule has 0 bridgehead atoms. The zero-order valence-corrected chi connectivity index (χ0v) is 16.2. The molecule has 25 heavy (non-hydrogen) atoms. The van der Waals surface area contributed by atoms with Gasteiger partial charge in [0.2, 0.25) is 10.0 Å². The molecule has 7 nitrogen and oxygen atoms in total. The van der Waals surface area contributed by atoms with Crippen LogP contribution < -0.4 is 15.4 Å². The average Bonchev–Trinajstić information content (AvgIpc) is 2.59. The summed E-state index contributed by atoms with van der Waals surface area (Å²) in [7, 11) is -1.41.